The van der Waals surface area contributed by atoms with Crippen LogP contribution >= 0.6 is 22.9 Å². The molecule has 8 heteroatoms. The number of aromatic nitrogens is 1. The average molecular weight is 419 g/mol. The Balaban J connectivity index is 1.31. The van der Waals surface area contributed by atoms with Gasteiger partial charge in [-0.1, -0.05) is 23.7 Å². The van der Waals surface area contributed by atoms with Crippen molar-refractivity contribution in [3.05, 3.63) is 46.4 Å². The van der Waals surface area contributed by atoms with Crippen LogP contribution in [0.25, 0.3) is 0 Å². The summed E-state index contributed by atoms with van der Waals surface area (Å²) >= 11 is 7.48. The largest absolute Gasteiger partial charge is 0.339 e. The minimum atomic E-state index is -0.123. The quantitative estimate of drug-likeness (QED) is 0.766. The Labute approximate surface area is 173 Å². The number of nitrogens with zero attached hydrogens (tertiary/aromatic N) is 4. The van der Waals surface area contributed by atoms with Gasteiger partial charge < -0.3 is 14.7 Å². The molecule has 1 unspecified atom stereocenters. The molecular formula is C20H23ClN4O2S. The molecule has 2 amide bonds. The lowest BCUT2D eigenvalue weighted by atomic mass is 10.1. The standard InChI is InChI=1S/C20H23ClN4O2S/c21-16-5-3-15(4-6-16)14-18(26)23-9-11-24(12-10-23)19(27)17-2-1-8-25(17)20-22-7-13-28-20/h3-7,13,17H,1-2,8-12,14H2. The van der Waals surface area contributed by atoms with Gasteiger partial charge in [0.25, 0.3) is 0 Å². The van der Waals surface area contributed by atoms with Crippen LogP contribution in [-0.4, -0.2) is 65.4 Å². The SMILES string of the molecule is O=C(Cc1ccc(Cl)cc1)N1CCN(C(=O)C2CCCN2c2nccs2)CC1. The molecule has 4 rings (SSSR count). The molecule has 3 heterocycles. The van der Waals surface area contributed by atoms with Crippen LogP contribution in [0.15, 0.2) is 35.8 Å². The van der Waals surface area contributed by atoms with Crippen LogP contribution in [0, 0.1) is 0 Å². The molecule has 1 atom stereocenters. The maximum absolute atomic E-state index is 13.1. The summed E-state index contributed by atoms with van der Waals surface area (Å²) in [4.78, 5) is 35.9. The number of anilines is 1. The number of benzene rings is 1. The Hall–Kier alpha value is -2.12. The van der Waals surface area contributed by atoms with Crippen molar-refractivity contribution in [3.8, 4) is 0 Å². The van der Waals surface area contributed by atoms with E-state index < -0.39 is 0 Å². The monoisotopic (exact) mass is 418 g/mol. The molecule has 0 spiro atoms. The van der Waals surface area contributed by atoms with Gasteiger partial charge in [0.05, 0.1) is 6.42 Å². The average Bonchev–Trinajstić information content (AvgIpc) is 3.40. The molecule has 6 nitrogen and oxygen atoms in total. The molecule has 2 aromatic rings. The minimum Gasteiger partial charge on any atom is -0.339 e. The molecule has 148 valence electrons. The number of amides is 2. The molecule has 2 saturated heterocycles. The zero-order chi connectivity index (χ0) is 19.5. The summed E-state index contributed by atoms with van der Waals surface area (Å²) in [5, 5.41) is 3.54. The minimum absolute atomic E-state index is 0.0969. The smallest absolute Gasteiger partial charge is 0.245 e. The summed E-state index contributed by atoms with van der Waals surface area (Å²) in [7, 11) is 0. The van der Waals surface area contributed by atoms with Gasteiger partial charge >= 0.3 is 0 Å². The van der Waals surface area contributed by atoms with Crippen molar-refractivity contribution in [2.75, 3.05) is 37.6 Å². The highest BCUT2D eigenvalue weighted by Gasteiger charge is 2.36. The number of carbonyl (C=O) groups excluding carboxylic acids is 2. The van der Waals surface area contributed by atoms with E-state index >= 15 is 0 Å². The van der Waals surface area contributed by atoms with Gasteiger partial charge in [-0.3, -0.25) is 9.59 Å². The number of rotatable bonds is 4. The third-order valence-electron chi connectivity index (χ3n) is 5.42. The van der Waals surface area contributed by atoms with E-state index in [0.29, 0.717) is 37.6 Å². The van der Waals surface area contributed by atoms with Gasteiger partial charge in [-0.25, -0.2) is 4.98 Å². The summed E-state index contributed by atoms with van der Waals surface area (Å²) in [6.07, 6.45) is 4.03. The van der Waals surface area contributed by atoms with E-state index in [-0.39, 0.29) is 17.9 Å². The van der Waals surface area contributed by atoms with Crippen LogP contribution in [0.5, 0.6) is 0 Å². The summed E-state index contributed by atoms with van der Waals surface area (Å²) in [5.41, 5.74) is 0.956. The molecule has 1 aromatic carbocycles. The first-order valence-electron chi connectivity index (χ1n) is 9.59. The number of thiazole rings is 1. The van der Waals surface area contributed by atoms with Crippen molar-refractivity contribution in [3.63, 3.8) is 0 Å². The van der Waals surface area contributed by atoms with Crippen molar-refractivity contribution in [2.24, 2.45) is 0 Å². The third kappa shape index (κ3) is 4.15. The lowest BCUT2D eigenvalue weighted by Crippen LogP contribution is -2.55. The Morgan fingerprint density at radius 1 is 1.07 bits per heavy atom. The van der Waals surface area contributed by atoms with Gasteiger partial charge in [-0.05, 0) is 30.5 Å². The second-order valence-electron chi connectivity index (χ2n) is 7.18. The van der Waals surface area contributed by atoms with Crippen LogP contribution in [0.2, 0.25) is 5.02 Å². The van der Waals surface area contributed by atoms with Gasteiger partial charge in [0.15, 0.2) is 5.13 Å². The van der Waals surface area contributed by atoms with Gasteiger partial charge in [-0.2, -0.15) is 0 Å². The number of halogens is 1. The number of piperazine rings is 1. The Kier molecular flexibility index (Phi) is 5.82. The first kappa shape index (κ1) is 19.2. The van der Waals surface area contributed by atoms with E-state index in [0.717, 1.165) is 30.1 Å². The molecule has 0 radical (unpaired) electrons. The predicted octanol–water partition coefficient (Wildman–Crippen LogP) is 2.68. The maximum Gasteiger partial charge on any atom is 0.245 e. The molecule has 2 fully saturated rings. The van der Waals surface area contributed by atoms with Crippen molar-refractivity contribution >= 4 is 39.9 Å². The highest BCUT2D eigenvalue weighted by Crippen LogP contribution is 2.28. The molecule has 0 saturated carbocycles. The summed E-state index contributed by atoms with van der Waals surface area (Å²) in [6.45, 7) is 3.23. The fraction of sp³-hybridized carbons (Fsp3) is 0.450. The zero-order valence-corrected chi connectivity index (χ0v) is 17.2. The highest BCUT2D eigenvalue weighted by atomic mass is 35.5. The van der Waals surface area contributed by atoms with Gasteiger partial charge in [0, 0.05) is 49.3 Å². The van der Waals surface area contributed by atoms with E-state index in [1.54, 1.807) is 29.7 Å². The molecule has 0 N–H and O–H groups in total. The summed E-state index contributed by atoms with van der Waals surface area (Å²) in [5.74, 6) is 0.261. The van der Waals surface area contributed by atoms with Crippen LogP contribution < -0.4 is 4.90 Å². The maximum atomic E-state index is 13.1. The van der Waals surface area contributed by atoms with E-state index in [1.165, 1.54) is 0 Å². The van der Waals surface area contributed by atoms with Gasteiger partial charge in [0.1, 0.15) is 6.04 Å². The van der Waals surface area contributed by atoms with Gasteiger partial charge in [0.2, 0.25) is 11.8 Å². The summed E-state index contributed by atoms with van der Waals surface area (Å²) < 4.78 is 0. The Morgan fingerprint density at radius 2 is 1.79 bits per heavy atom. The highest BCUT2D eigenvalue weighted by molar-refractivity contribution is 7.13. The fourth-order valence-corrected chi connectivity index (χ4v) is 4.73. The number of hydrogen-bond acceptors (Lipinski definition) is 5. The Bertz CT molecular complexity index is 819. The third-order valence-corrected chi connectivity index (χ3v) is 6.48. The normalized spacial score (nSPS) is 19.9. The molecule has 0 aliphatic carbocycles. The van der Waals surface area contributed by atoms with Crippen LogP contribution in [-0.2, 0) is 16.0 Å². The predicted molar refractivity (Wildman–Crippen MR) is 111 cm³/mol. The molecule has 2 aliphatic rings. The second kappa shape index (κ2) is 8.49. The molecule has 28 heavy (non-hydrogen) atoms. The fourth-order valence-electron chi connectivity index (χ4n) is 3.89. The summed E-state index contributed by atoms with van der Waals surface area (Å²) in [6, 6.07) is 7.25. The van der Waals surface area contributed by atoms with Crippen molar-refractivity contribution in [2.45, 2.75) is 25.3 Å². The molecule has 2 aliphatic heterocycles. The topological polar surface area (TPSA) is 56.8 Å². The van der Waals surface area contributed by atoms with E-state index in [4.69, 9.17) is 11.6 Å². The number of hydrogen-bond donors (Lipinski definition) is 0. The van der Waals surface area contributed by atoms with E-state index in [2.05, 4.69) is 9.88 Å². The van der Waals surface area contributed by atoms with Gasteiger partial charge in [-0.15, -0.1) is 11.3 Å². The lowest BCUT2D eigenvalue weighted by Gasteiger charge is -2.37. The van der Waals surface area contributed by atoms with Crippen LogP contribution in [0.3, 0.4) is 0 Å². The zero-order valence-electron chi connectivity index (χ0n) is 15.6. The van der Waals surface area contributed by atoms with E-state index in [9.17, 15) is 9.59 Å². The van der Waals surface area contributed by atoms with Crippen molar-refractivity contribution in [1.82, 2.24) is 14.8 Å². The first-order chi connectivity index (χ1) is 13.6. The van der Waals surface area contributed by atoms with Crippen molar-refractivity contribution in [1.29, 1.82) is 0 Å². The van der Waals surface area contributed by atoms with Crippen LogP contribution in [0.4, 0.5) is 5.13 Å². The second-order valence-corrected chi connectivity index (χ2v) is 8.48. The van der Waals surface area contributed by atoms with Crippen LogP contribution in [0.1, 0.15) is 18.4 Å². The lowest BCUT2D eigenvalue weighted by molar-refractivity contribution is -0.139. The Morgan fingerprint density at radius 3 is 2.46 bits per heavy atom. The molecular weight excluding hydrogens is 396 g/mol. The first-order valence-corrected chi connectivity index (χ1v) is 10.8. The molecule has 0 bridgehead atoms. The molecule has 1 aromatic heterocycles. The van der Waals surface area contributed by atoms with E-state index in [1.807, 2.05) is 27.3 Å². The van der Waals surface area contributed by atoms with Crippen molar-refractivity contribution < 1.29 is 9.59 Å². The number of carbonyl (C=O) groups is 2.